The first-order valence-corrected chi connectivity index (χ1v) is 9.06. The Labute approximate surface area is 154 Å². The zero-order valence-electron chi connectivity index (χ0n) is 15.6. The number of hydrogen-bond acceptors (Lipinski definition) is 3. The van der Waals surface area contributed by atoms with Crippen LogP contribution in [-0.4, -0.2) is 36.0 Å². The van der Waals surface area contributed by atoms with Crippen LogP contribution in [0.1, 0.15) is 45.6 Å². The smallest absolute Gasteiger partial charge is 0.331 e. The summed E-state index contributed by atoms with van der Waals surface area (Å²) in [7, 11) is 0. The maximum Gasteiger partial charge on any atom is 0.331 e. The van der Waals surface area contributed by atoms with Crippen LogP contribution in [0.5, 0.6) is 0 Å². The molecule has 0 unspecified atom stereocenters. The van der Waals surface area contributed by atoms with Gasteiger partial charge in [-0.15, -0.1) is 0 Å². The Kier molecular flexibility index (Phi) is 4.91. The summed E-state index contributed by atoms with van der Waals surface area (Å²) in [6.07, 6.45) is 5.61. The molecule has 0 N–H and O–H groups in total. The monoisotopic (exact) mass is 359 g/mol. The van der Waals surface area contributed by atoms with Crippen LogP contribution in [0.15, 0.2) is 30.3 Å². The lowest BCUT2D eigenvalue weighted by atomic mass is 9.65. The third-order valence-electron chi connectivity index (χ3n) is 5.38. The molecule has 1 aliphatic heterocycles. The predicted octanol–water partition coefficient (Wildman–Crippen LogP) is 3.81. The largest absolute Gasteiger partial charge is 0.452 e. The number of hydrogen-bond donors (Lipinski definition) is 0. The van der Waals surface area contributed by atoms with E-state index >= 15 is 0 Å². The average molecular weight is 359 g/mol. The van der Waals surface area contributed by atoms with Crippen molar-refractivity contribution < 1.29 is 18.7 Å². The van der Waals surface area contributed by atoms with Gasteiger partial charge in [-0.05, 0) is 42.2 Å². The van der Waals surface area contributed by atoms with Crippen LogP contribution in [0.4, 0.5) is 4.39 Å². The molecule has 2 atom stereocenters. The Morgan fingerprint density at radius 3 is 2.73 bits per heavy atom. The molecule has 2 fully saturated rings. The summed E-state index contributed by atoms with van der Waals surface area (Å²) in [6, 6.07) is 6.38. The van der Waals surface area contributed by atoms with E-state index in [1.54, 1.807) is 18.2 Å². The lowest BCUT2D eigenvalue weighted by Crippen LogP contribution is -2.39. The molecule has 140 valence electrons. The van der Waals surface area contributed by atoms with Crippen LogP contribution in [0.2, 0.25) is 0 Å². The Balaban J connectivity index is 1.55. The van der Waals surface area contributed by atoms with Crippen molar-refractivity contribution in [2.45, 2.75) is 46.1 Å². The molecule has 1 heterocycles. The van der Waals surface area contributed by atoms with Crippen molar-refractivity contribution in [1.82, 2.24) is 4.90 Å². The number of benzene rings is 1. The number of halogens is 1. The van der Waals surface area contributed by atoms with E-state index in [9.17, 15) is 14.0 Å². The average Bonchev–Trinajstić information content (AvgIpc) is 2.80. The van der Waals surface area contributed by atoms with Gasteiger partial charge in [-0.2, -0.15) is 0 Å². The van der Waals surface area contributed by atoms with E-state index in [0.717, 1.165) is 31.9 Å². The molecule has 2 bridgehead atoms. The SMILES string of the molecule is CC1(C)C[C@@H]2C[C@@](C)(CN2C(=O)COC(=O)/C=C/c2ccccc2F)C1. The molecule has 0 radical (unpaired) electrons. The van der Waals surface area contributed by atoms with E-state index in [1.165, 1.54) is 12.1 Å². The molecule has 1 aromatic rings. The van der Waals surface area contributed by atoms with E-state index in [-0.39, 0.29) is 29.4 Å². The van der Waals surface area contributed by atoms with Gasteiger partial charge in [0.2, 0.25) is 0 Å². The van der Waals surface area contributed by atoms with Gasteiger partial charge < -0.3 is 9.64 Å². The molecule has 26 heavy (non-hydrogen) atoms. The summed E-state index contributed by atoms with van der Waals surface area (Å²) in [5.41, 5.74) is 0.683. The zero-order valence-corrected chi connectivity index (χ0v) is 15.6. The third kappa shape index (κ3) is 4.14. The molecule has 3 rings (SSSR count). The molecular weight excluding hydrogens is 333 g/mol. The summed E-state index contributed by atoms with van der Waals surface area (Å²) in [5, 5.41) is 0. The first kappa shape index (κ1) is 18.6. The fraction of sp³-hybridized carbons (Fsp3) is 0.524. The standard InChI is InChI=1S/C21H26FNO3/c1-20(2)10-16-11-21(3,13-20)14-23(16)18(24)12-26-19(25)9-8-15-6-4-5-7-17(15)22/h4-9,16H,10-14H2,1-3H3/b9-8+/t16-,21-/m1/s1. The van der Waals surface area contributed by atoms with Crippen molar-refractivity contribution in [1.29, 1.82) is 0 Å². The normalized spacial score (nSPS) is 26.9. The Bertz CT molecular complexity index is 743. The molecule has 5 heteroatoms. The van der Waals surface area contributed by atoms with Crippen LogP contribution >= 0.6 is 0 Å². The van der Waals surface area contributed by atoms with Gasteiger partial charge in [0, 0.05) is 24.2 Å². The second kappa shape index (κ2) is 6.86. The quantitative estimate of drug-likeness (QED) is 0.607. The first-order valence-electron chi connectivity index (χ1n) is 9.06. The van der Waals surface area contributed by atoms with Crippen molar-refractivity contribution in [2.75, 3.05) is 13.2 Å². The maximum atomic E-state index is 13.5. The van der Waals surface area contributed by atoms with E-state index < -0.39 is 11.8 Å². The van der Waals surface area contributed by atoms with Crippen LogP contribution in [0, 0.1) is 16.6 Å². The number of likely N-dealkylation sites (tertiary alicyclic amines) is 1. The van der Waals surface area contributed by atoms with Crippen LogP contribution in [0.3, 0.4) is 0 Å². The van der Waals surface area contributed by atoms with Crippen molar-refractivity contribution in [3.8, 4) is 0 Å². The molecule has 2 aliphatic rings. The molecule has 1 aromatic carbocycles. The number of carbonyl (C=O) groups is 2. The summed E-state index contributed by atoms with van der Waals surface area (Å²) in [6.45, 7) is 7.19. The summed E-state index contributed by atoms with van der Waals surface area (Å²) >= 11 is 0. The zero-order chi connectivity index (χ0) is 18.9. The van der Waals surface area contributed by atoms with Crippen molar-refractivity contribution in [3.05, 3.63) is 41.7 Å². The number of carbonyl (C=O) groups excluding carboxylic acids is 2. The number of fused-ring (bicyclic) bond motifs is 2. The van der Waals surface area contributed by atoms with Crippen LogP contribution in [0.25, 0.3) is 6.08 Å². The highest BCUT2D eigenvalue weighted by Crippen LogP contribution is 2.52. The Morgan fingerprint density at radius 1 is 1.27 bits per heavy atom. The van der Waals surface area contributed by atoms with Gasteiger partial charge in [0.1, 0.15) is 5.82 Å². The minimum Gasteiger partial charge on any atom is -0.452 e. The summed E-state index contributed by atoms with van der Waals surface area (Å²) in [4.78, 5) is 26.3. The van der Waals surface area contributed by atoms with Crippen molar-refractivity contribution in [2.24, 2.45) is 10.8 Å². The number of nitrogens with zero attached hydrogens (tertiary/aromatic N) is 1. The fourth-order valence-electron chi connectivity index (χ4n) is 4.78. The topological polar surface area (TPSA) is 46.6 Å². The van der Waals surface area contributed by atoms with Gasteiger partial charge in [-0.1, -0.05) is 39.0 Å². The Hall–Kier alpha value is -2.17. The fourth-order valence-corrected chi connectivity index (χ4v) is 4.78. The van der Waals surface area contributed by atoms with Crippen LogP contribution in [-0.2, 0) is 14.3 Å². The summed E-state index contributed by atoms with van der Waals surface area (Å²) < 4.78 is 18.6. The van der Waals surface area contributed by atoms with E-state index in [1.807, 2.05) is 4.90 Å². The second-order valence-corrected chi connectivity index (χ2v) is 8.70. The molecule has 1 amide bonds. The summed E-state index contributed by atoms with van der Waals surface area (Å²) in [5.74, 6) is -1.20. The highest BCUT2D eigenvalue weighted by Gasteiger charge is 2.50. The highest BCUT2D eigenvalue weighted by atomic mass is 19.1. The maximum absolute atomic E-state index is 13.5. The number of ether oxygens (including phenoxy) is 1. The van der Waals surface area contributed by atoms with Gasteiger partial charge in [0.05, 0.1) is 0 Å². The van der Waals surface area contributed by atoms with Gasteiger partial charge in [-0.3, -0.25) is 4.79 Å². The third-order valence-corrected chi connectivity index (χ3v) is 5.38. The van der Waals surface area contributed by atoms with Gasteiger partial charge in [-0.25, -0.2) is 9.18 Å². The van der Waals surface area contributed by atoms with Gasteiger partial charge in [0.15, 0.2) is 6.61 Å². The second-order valence-electron chi connectivity index (χ2n) is 8.70. The number of esters is 1. The predicted molar refractivity (Wildman–Crippen MR) is 97.6 cm³/mol. The highest BCUT2D eigenvalue weighted by molar-refractivity contribution is 5.89. The number of rotatable bonds is 4. The molecule has 0 aromatic heterocycles. The van der Waals surface area contributed by atoms with Gasteiger partial charge in [0.25, 0.3) is 5.91 Å². The lowest BCUT2D eigenvalue weighted by molar-refractivity contribution is -0.148. The van der Waals surface area contributed by atoms with Crippen molar-refractivity contribution >= 4 is 18.0 Å². The molecular formula is C21H26FNO3. The van der Waals surface area contributed by atoms with E-state index in [0.29, 0.717) is 5.56 Å². The molecule has 0 spiro atoms. The van der Waals surface area contributed by atoms with Crippen LogP contribution < -0.4 is 0 Å². The Morgan fingerprint density at radius 2 is 2.00 bits per heavy atom. The molecule has 1 saturated heterocycles. The molecule has 1 aliphatic carbocycles. The molecule has 1 saturated carbocycles. The minimum atomic E-state index is -0.643. The first-order chi connectivity index (χ1) is 12.2. The van der Waals surface area contributed by atoms with E-state index in [2.05, 4.69) is 20.8 Å². The molecule has 4 nitrogen and oxygen atoms in total. The van der Waals surface area contributed by atoms with Gasteiger partial charge >= 0.3 is 5.97 Å². The number of amides is 1. The minimum absolute atomic E-state index is 0.149. The van der Waals surface area contributed by atoms with Crippen molar-refractivity contribution in [3.63, 3.8) is 0 Å². The van der Waals surface area contributed by atoms with E-state index in [4.69, 9.17) is 4.74 Å². The lowest BCUT2D eigenvalue weighted by Gasteiger charge is -2.39.